The van der Waals surface area contributed by atoms with Crippen LogP contribution in [0.15, 0.2) is 0 Å². The molecule has 0 heterocycles. The van der Waals surface area contributed by atoms with Gasteiger partial charge in [0.15, 0.2) is 11.5 Å². The molecule has 0 rings (SSSR count). The van der Waals surface area contributed by atoms with Gasteiger partial charge in [0.05, 0.1) is 22.4 Å². The highest BCUT2D eigenvalue weighted by molar-refractivity contribution is 8.09. The lowest BCUT2D eigenvalue weighted by Crippen LogP contribution is -2.40. The number of rotatable bonds is 7. The van der Waals surface area contributed by atoms with Crippen molar-refractivity contribution in [3.8, 4) is 0 Å². The molecule has 0 aromatic heterocycles. The van der Waals surface area contributed by atoms with E-state index in [2.05, 4.69) is 0 Å². The summed E-state index contributed by atoms with van der Waals surface area (Å²) in [4.78, 5) is 26.5. The highest BCUT2D eigenvalue weighted by atomic mass is 32.2. The van der Waals surface area contributed by atoms with Gasteiger partial charge >= 0.3 is 10.5 Å². The number of carbonyl (C=O) groups is 2. The van der Waals surface area contributed by atoms with E-state index in [1.807, 2.05) is 0 Å². The number of nitrogens with zero attached hydrogens (tertiary/aromatic N) is 2. The summed E-state index contributed by atoms with van der Waals surface area (Å²) in [6, 6.07) is 0. The van der Waals surface area contributed by atoms with Crippen molar-refractivity contribution in [3.05, 3.63) is 0 Å². The fourth-order valence-electron chi connectivity index (χ4n) is 1.58. The maximum absolute atomic E-state index is 11.8. The Labute approximate surface area is 127 Å². The molecule has 8 heteroatoms. The van der Waals surface area contributed by atoms with Gasteiger partial charge in [-0.05, 0) is 27.7 Å². The van der Waals surface area contributed by atoms with E-state index in [4.69, 9.17) is 0 Å². The normalized spacial score (nSPS) is 13.7. The molecule has 0 aromatic rings. The van der Waals surface area contributed by atoms with Gasteiger partial charge in [0, 0.05) is 26.2 Å². The van der Waals surface area contributed by atoms with Crippen molar-refractivity contribution >= 4 is 32.8 Å². The maximum Gasteiger partial charge on any atom is 0.429 e. The quantitative estimate of drug-likeness (QED) is 0.662. The van der Waals surface area contributed by atoms with Gasteiger partial charge in [0.2, 0.25) is 0 Å². The van der Waals surface area contributed by atoms with Crippen molar-refractivity contribution in [2.45, 2.75) is 27.7 Å². The van der Waals surface area contributed by atoms with Gasteiger partial charge in [-0.2, -0.15) is 0 Å². The lowest BCUT2D eigenvalue weighted by molar-refractivity contribution is 0.225. The highest BCUT2D eigenvalue weighted by Crippen LogP contribution is 2.07. The van der Waals surface area contributed by atoms with E-state index in [-0.39, 0.29) is 11.5 Å². The monoisotopic (exact) mass is 324 g/mol. The zero-order valence-electron chi connectivity index (χ0n) is 12.6. The summed E-state index contributed by atoms with van der Waals surface area (Å²) >= 11 is -3.45. The molecule has 0 aliphatic heterocycles. The fourth-order valence-corrected chi connectivity index (χ4v) is 4.23. The minimum absolute atomic E-state index is 0.0467. The molecular weight excluding hydrogens is 300 g/mol. The second-order valence-corrected chi connectivity index (χ2v) is 6.87. The van der Waals surface area contributed by atoms with E-state index >= 15 is 0 Å². The second-order valence-electron chi connectivity index (χ2n) is 3.98. The standard InChI is InChI=1S/C12H24N2O4S2/c1-5-13(6-2)11(15)19(17)9-10-20(18)12(16)14(7-3)8-4/h5-10H2,1-4H3. The van der Waals surface area contributed by atoms with E-state index in [1.54, 1.807) is 27.7 Å². The predicted molar refractivity (Wildman–Crippen MR) is 82.7 cm³/mol. The summed E-state index contributed by atoms with van der Waals surface area (Å²) in [5.74, 6) is -0.0933. The molecule has 0 spiro atoms. The van der Waals surface area contributed by atoms with E-state index in [1.165, 1.54) is 9.80 Å². The van der Waals surface area contributed by atoms with Gasteiger partial charge in [-0.1, -0.05) is 0 Å². The molecule has 0 aliphatic rings. The summed E-state index contributed by atoms with van der Waals surface area (Å²) < 4.78 is 23.6. The third kappa shape index (κ3) is 5.90. The van der Waals surface area contributed by atoms with E-state index in [0.29, 0.717) is 26.2 Å². The van der Waals surface area contributed by atoms with Crippen molar-refractivity contribution in [1.29, 1.82) is 0 Å². The second kappa shape index (κ2) is 10.3. The van der Waals surface area contributed by atoms with Crippen molar-refractivity contribution in [2.75, 3.05) is 37.7 Å². The molecular formula is C12H24N2O4S2. The molecule has 0 saturated carbocycles. The van der Waals surface area contributed by atoms with Crippen LogP contribution in [0.25, 0.3) is 0 Å². The number of carbonyl (C=O) groups excluding carboxylic acids is 2. The van der Waals surface area contributed by atoms with Crippen LogP contribution in [0, 0.1) is 0 Å². The minimum Gasteiger partial charge on any atom is -0.608 e. The first-order chi connectivity index (χ1) is 9.42. The third-order valence-corrected chi connectivity index (χ3v) is 5.59. The Morgan fingerprint density at radius 1 is 0.750 bits per heavy atom. The summed E-state index contributed by atoms with van der Waals surface area (Å²) in [5.41, 5.74) is 0. The van der Waals surface area contributed by atoms with Crippen molar-refractivity contribution < 1.29 is 18.7 Å². The molecule has 2 unspecified atom stereocenters. The fraction of sp³-hybridized carbons (Fsp3) is 0.833. The largest absolute Gasteiger partial charge is 0.608 e. The zero-order valence-corrected chi connectivity index (χ0v) is 14.2. The van der Waals surface area contributed by atoms with Crippen LogP contribution in [0.5, 0.6) is 0 Å². The molecule has 0 N–H and O–H groups in total. The molecule has 2 atom stereocenters. The van der Waals surface area contributed by atoms with Gasteiger partial charge in [0.1, 0.15) is 0 Å². The van der Waals surface area contributed by atoms with Crippen molar-refractivity contribution in [1.82, 2.24) is 9.80 Å². The SMILES string of the molecule is CCN(CC)C(=O)[S+]([O-])CC[S+]([O-])C(=O)N(CC)CC. The van der Waals surface area contributed by atoms with Crippen LogP contribution in [0.4, 0.5) is 9.59 Å². The number of amides is 2. The molecule has 0 saturated heterocycles. The van der Waals surface area contributed by atoms with E-state index in [0.717, 1.165) is 0 Å². The summed E-state index contributed by atoms with van der Waals surface area (Å²) in [6.45, 7) is 9.18. The van der Waals surface area contributed by atoms with Gasteiger partial charge in [0.25, 0.3) is 0 Å². The Hall–Kier alpha value is -0.440. The van der Waals surface area contributed by atoms with E-state index < -0.39 is 32.8 Å². The molecule has 0 bridgehead atoms. The first-order valence-electron chi connectivity index (χ1n) is 6.77. The zero-order chi connectivity index (χ0) is 15.7. The molecule has 20 heavy (non-hydrogen) atoms. The van der Waals surface area contributed by atoms with Gasteiger partial charge < -0.3 is 9.11 Å². The van der Waals surface area contributed by atoms with Crippen LogP contribution < -0.4 is 0 Å². The Bertz CT molecular complexity index is 280. The Morgan fingerprint density at radius 2 is 1.00 bits per heavy atom. The molecule has 0 radical (unpaired) electrons. The summed E-state index contributed by atoms with van der Waals surface area (Å²) in [5, 5.41) is -0.912. The molecule has 0 fully saturated rings. The van der Waals surface area contributed by atoms with Crippen LogP contribution in [0.3, 0.4) is 0 Å². The van der Waals surface area contributed by atoms with E-state index in [9.17, 15) is 18.7 Å². The average molecular weight is 324 g/mol. The summed E-state index contributed by atoms with van der Waals surface area (Å²) in [7, 11) is 0. The predicted octanol–water partition coefficient (Wildman–Crippen LogP) is 1.41. The first kappa shape index (κ1) is 19.6. The van der Waals surface area contributed by atoms with Crippen LogP contribution in [0.1, 0.15) is 27.7 Å². The highest BCUT2D eigenvalue weighted by Gasteiger charge is 2.30. The van der Waals surface area contributed by atoms with Crippen molar-refractivity contribution in [2.24, 2.45) is 0 Å². The lowest BCUT2D eigenvalue weighted by Gasteiger charge is -2.21. The summed E-state index contributed by atoms with van der Waals surface area (Å²) in [6.07, 6.45) is 0. The molecule has 0 aromatic carbocycles. The van der Waals surface area contributed by atoms with Gasteiger partial charge in [-0.3, -0.25) is 9.80 Å². The minimum atomic E-state index is -1.73. The Morgan fingerprint density at radius 3 is 1.20 bits per heavy atom. The first-order valence-corrected chi connectivity index (χ1v) is 9.41. The molecule has 6 nitrogen and oxygen atoms in total. The maximum atomic E-state index is 11.8. The number of hydrogen-bond acceptors (Lipinski definition) is 4. The lowest BCUT2D eigenvalue weighted by atomic mass is 10.6. The Kier molecular flexibility index (Phi) is 10.1. The van der Waals surface area contributed by atoms with Crippen LogP contribution in [0.2, 0.25) is 0 Å². The molecule has 0 aliphatic carbocycles. The van der Waals surface area contributed by atoms with Crippen LogP contribution in [-0.2, 0) is 22.4 Å². The van der Waals surface area contributed by atoms with Crippen LogP contribution in [-0.4, -0.2) is 67.1 Å². The molecule has 118 valence electrons. The van der Waals surface area contributed by atoms with Gasteiger partial charge in [-0.15, -0.1) is 0 Å². The van der Waals surface area contributed by atoms with Crippen molar-refractivity contribution in [3.63, 3.8) is 0 Å². The topological polar surface area (TPSA) is 86.7 Å². The smallest absolute Gasteiger partial charge is 0.429 e. The third-order valence-electron chi connectivity index (χ3n) is 2.89. The van der Waals surface area contributed by atoms with Crippen LogP contribution >= 0.6 is 0 Å². The van der Waals surface area contributed by atoms with Gasteiger partial charge in [-0.25, -0.2) is 9.59 Å². The number of hydrogen-bond donors (Lipinski definition) is 0. The Balaban J connectivity index is 4.33. The molecule has 2 amide bonds. The average Bonchev–Trinajstić information content (AvgIpc) is 2.46.